The zero-order chi connectivity index (χ0) is 10.5. The second-order valence-electron chi connectivity index (χ2n) is 3.77. The number of aromatic nitrogens is 1. The molecule has 1 aromatic heterocycles. The fraction of sp³-hybridized carbons (Fsp3) is 0.286. The van der Waals surface area contributed by atoms with Gasteiger partial charge in [0.1, 0.15) is 0 Å². The first-order chi connectivity index (χ1) is 7.42. The van der Waals surface area contributed by atoms with Crippen molar-refractivity contribution in [1.29, 1.82) is 0 Å². The van der Waals surface area contributed by atoms with Gasteiger partial charge in [0.05, 0.1) is 0 Å². The fourth-order valence-electron chi connectivity index (χ4n) is 1.88. The summed E-state index contributed by atoms with van der Waals surface area (Å²) in [6.07, 6.45) is 11.6. The number of rotatable bonds is 4. The van der Waals surface area contributed by atoms with E-state index in [9.17, 15) is 0 Å². The Bertz CT molecular complexity index is 473. The van der Waals surface area contributed by atoms with Crippen LogP contribution in [0.25, 0.3) is 10.9 Å². The van der Waals surface area contributed by atoms with Crippen LogP contribution < -0.4 is 0 Å². The van der Waals surface area contributed by atoms with Gasteiger partial charge in [-0.3, -0.25) is 0 Å². The molecule has 15 heavy (non-hydrogen) atoms. The van der Waals surface area contributed by atoms with Gasteiger partial charge in [0.15, 0.2) is 0 Å². The fourth-order valence-corrected chi connectivity index (χ4v) is 1.88. The largest absolute Gasteiger partial charge is 0.361 e. The summed E-state index contributed by atoms with van der Waals surface area (Å²) < 4.78 is 0. The summed E-state index contributed by atoms with van der Waals surface area (Å²) >= 11 is 0. The van der Waals surface area contributed by atoms with Gasteiger partial charge in [-0.25, -0.2) is 0 Å². The van der Waals surface area contributed by atoms with Crippen molar-refractivity contribution in [2.45, 2.75) is 25.7 Å². The van der Waals surface area contributed by atoms with Crippen molar-refractivity contribution in [3.63, 3.8) is 0 Å². The number of aryl methyl sites for hydroxylation is 1. The van der Waals surface area contributed by atoms with Crippen molar-refractivity contribution in [3.8, 4) is 12.3 Å². The molecule has 0 saturated heterocycles. The van der Waals surface area contributed by atoms with Gasteiger partial charge in [-0.2, -0.15) is 0 Å². The van der Waals surface area contributed by atoms with Crippen molar-refractivity contribution in [1.82, 2.24) is 4.98 Å². The maximum Gasteiger partial charge on any atom is 0.0456 e. The molecule has 2 rings (SSSR count). The molecule has 0 fully saturated rings. The van der Waals surface area contributed by atoms with Gasteiger partial charge in [-0.15, -0.1) is 12.3 Å². The standard InChI is InChI=1S/C14H15N/c1-2-3-4-5-8-12-11-15-14-10-7-6-9-13(12)14/h1,6-7,9-11,15H,3-5,8H2. The Morgan fingerprint density at radius 2 is 2.07 bits per heavy atom. The second-order valence-corrected chi connectivity index (χ2v) is 3.77. The van der Waals surface area contributed by atoms with Crippen molar-refractivity contribution in [2.24, 2.45) is 0 Å². The Kier molecular flexibility index (Phi) is 3.09. The van der Waals surface area contributed by atoms with Gasteiger partial charge in [-0.1, -0.05) is 18.2 Å². The maximum atomic E-state index is 5.22. The predicted octanol–water partition coefficient (Wildman–Crippen LogP) is 3.51. The van der Waals surface area contributed by atoms with E-state index in [2.05, 4.69) is 41.4 Å². The van der Waals surface area contributed by atoms with Crippen molar-refractivity contribution in [3.05, 3.63) is 36.0 Å². The van der Waals surface area contributed by atoms with Gasteiger partial charge in [0.2, 0.25) is 0 Å². The highest BCUT2D eigenvalue weighted by Gasteiger charge is 2.01. The number of fused-ring (bicyclic) bond motifs is 1. The van der Waals surface area contributed by atoms with Gasteiger partial charge in [-0.05, 0) is 30.9 Å². The van der Waals surface area contributed by atoms with E-state index >= 15 is 0 Å². The summed E-state index contributed by atoms with van der Waals surface area (Å²) in [5.41, 5.74) is 2.63. The Balaban J connectivity index is 2.05. The summed E-state index contributed by atoms with van der Waals surface area (Å²) in [6.45, 7) is 0. The first kappa shape index (κ1) is 9.86. The van der Waals surface area contributed by atoms with Crippen LogP contribution in [0.1, 0.15) is 24.8 Å². The lowest BCUT2D eigenvalue weighted by atomic mass is 10.1. The van der Waals surface area contributed by atoms with Gasteiger partial charge in [0, 0.05) is 23.5 Å². The lowest BCUT2D eigenvalue weighted by molar-refractivity contribution is 0.759. The van der Waals surface area contributed by atoms with Gasteiger partial charge in [0.25, 0.3) is 0 Å². The van der Waals surface area contributed by atoms with Crippen LogP contribution in [0.4, 0.5) is 0 Å². The van der Waals surface area contributed by atoms with Crippen LogP contribution in [0.2, 0.25) is 0 Å². The third-order valence-electron chi connectivity index (χ3n) is 2.69. The Morgan fingerprint density at radius 1 is 1.20 bits per heavy atom. The van der Waals surface area contributed by atoms with E-state index < -0.39 is 0 Å². The second kappa shape index (κ2) is 4.70. The zero-order valence-electron chi connectivity index (χ0n) is 8.79. The molecule has 0 saturated carbocycles. The Labute approximate surface area is 90.5 Å². The van der Waals surface area contributed by atoms with E-state index in [-0.39, 0.29) is 0 Å². The van der Waals surface area contributed by atoms with Gasteiger partial charge >= 0.3 is 0 Å². The zero-order valence-corrected chi connectivity index (χ0v) is 8.79. The summed E-state index contributed by atoms with van der Waals surface area (Å²) in [5, 5.41) is 1.35. The van der Waals surface area contributed by atoms with E-state index in [1.165, 1.54) is 22.9 Å². The SMILES string of the molecule is C#CCCCCc1c[nH]c2ccccc12. The molecule has 0 aliphatic rings. The maximum absolute atomic E-state index is 5.22. The lowest BCUT2D eigenvalue weighted by Gasteiger charge is -1.97. The van der Waals surface area contributed by atoms with E-state index in [1.807, 2.05) is 0 Å². The number of aromatic amines is 1. The van der Waals surface area contributed by atoms with Gasteiger partial charge < -0.3 is 4.98 Å². The van der Waals surface area contributed by atoms with Crippen LogP contribution in [0.5, 0.6) is 0 Å². The first-order valence-electron chi connectivity index (χ1n) is 5.40. The molecule has 2 aromatic rings. The van der Waals surface area contributed by atoms with Crippen molar-refractivity contribution in [2.75, 3.05) is 0 Å². The van der Waals surface area contributed by atoms with Crippen LogP contribution in [0.15, 0.2) is 30.5 Å². The molecule has 0 aliphatic heterocycles. The number of hydrogen-bond donors (Lipinski definition) is 1. The number of H-pyrrole nitrogens is 1. The number of benzene rings is 1. The quantitative estimate of drug-likeness (QED) is 0.570. The van der Waals surface area contributed by atoms with E-state index in [1.54, 1.807) is 0 Å². The molecular formula is C14H15N. The molecule has 0 amide bonds. The predicted molar refractivity (Wildman–Crippen MR) is 64.7 cm³/mol. The molecular weight excluding hydrogens is 182 g/mol. The molecule has 0 spiro atoms. The molecule has 0 radical (unpaired) electrons. The summed E-state index contributed by atoms with van der Waals surface area (Å²) in [6, 6.07) is 8.42. The first-order valence-corrected chi connectivity index (χ1v) is 5.40. The van der Waals surface area contributed by atoms with E-state index in [0.717, 1.165) is 19.3 Å². The summed E-state index contributed by atoms with van der Waals surface area (Å²) in [7, 11) is 0. The van der Waals surface area contributed by atoms with E-state index in [0.29, 0.717) is 0 Å². The average molecular weight is 197 g/mol. The minimum absolute atomic E-state index is 0.891. The van der Waals surface area contributed by atoms with Crippen LogP contribution in [-0.2, 0) is 6.42 Å². The molecule has 1 nitrogen and oxygen atoms in total. The molecule has 76 valence electrons. The molecule has 1 heteroatoms. The summed E-state index contributed by atoms with van der Waals surface area (Å²) in [4.78, 5) is 3.29. The highest BCUT2D eigenvalue weighted by atomic mass is 14.7. The monoisotopic (exact) mass is 197 g/mol. The van der Waals surface area contributed by atoms with Crippen LogP contribution >= 0.6 is 0 Å². The molecule has 1 N–H and O–H groups in total. The average Bonchev–Trinajstić information content (AvgIpc) is 2.68. The smallest absolute Gasteiger partial charge is 0.0456 e. The highest BCUT2D eigenvalue weighted by Crippen LogP contribution is 2.19. The normalized spacial score (nSPS) is 10.3. The number of unbranched alkanes of at least 4 members (excludes halogenated alkanes) is 2. The molecule has 0 atom stereocenters. The van der Waals surface area contributed by atoms with E-state index in [4.69, 9.17) is 6.42 Å². The number of nitrogens with one attached hydrogen (secondary N) is 1. The molecule has 1 aromatic carbocycles. The highest BCUT2D eigenvalue weighted by molar-refractivity contribution is 5.82. The molecule has 0 bridgehead atoms. The minimum Gasteiger partial charge on any atom is -0.361 e. The third-order valence-corrected chi connectivity index (χ3v) is 2.69. The number of hydrogen-bond acceptors (Lipinski definition) is 0. The van der Waals surface area contributed by atoms with Crippen LogP contribution in [0, 0.1) is 12.3 Å². The third kappa shape index (κ3) is 2.22. The lowest BCUT2D eigenvalue weighted by Crippen LogP contribution is -1.83. The Hall–Kier alpha value is -1.68. The number of terminal acetylenes is 1. The Morgan fingerprint density at radius 3 is 2.93 bits per heavy atom. The molecule has 1 heterocycles. The van der Waals surface area contributed by atoms with Crippen LogP contribution in [-0.4, -0.2) is 4.98 Å². The van der Waals surface area contributed by atoms with Crippen molar-refractivity contribution >= 4 is 10.9 Å². The van der Waals surface area contributed by atoms with Crippen molar-refractivity contribution < 1.29 is 0 Å². The topological polar surface area (TPSA) is 15.8 Å². The molecule has 0 unspecified atom stereocenters. The summed E-state index contributed by atoms with van der Waals surface area (Å²) in [5.74, 6) is 2.68. The number of para-hydroxylation sites is 1. The minimum atomic E-state index is 0.891. The molecule has 0 aliphatic carbocycles. The van der Waals surface area contributed by atoms with Crippen LogP contribution in [0.3, 0.4) is 0 Å².